The summed E-state index contributed by atoms with van der Waals surface area (Å²) in [6, 6.07) is 5.45. The molecule has 0 radical (unpaired) electrons. The molecule has 0 bridgehead atoms. The molecule has 2 heterocycles. The SMILES string of the molecule is CCN(C(=O)C1=NN(c2cc(C)ccc2C)C(=O)CC1)C1CCS(=O)(=O)C1. The minimum absolute atomic E-state index is 0.000503. The van der Waals surface area contributed by atoms with Crippen LogP contribution in [0.2, 0.25) is 0 Å². The van der Waals surface area contributed by atoms with Crippen LogP contribution in [0.25, 0.3) is 0 Å². The zero-order valence-corrected chi connectivity index (χ0v) is 16.8. The Morgan fingerprint density at radius 1 is 1.30 bits per heavy atom. The number of nitrogens with zero attached hydrogens (tertiary/aromatic N) is 3. The van der Waals surface area contributed by atoms with E-state index in [1.165, 1.54) is 5.01 Å². The molecule has 1 unspecified atom stereocenters. The molecule has 3 rings (SSSR count). The number of amides is 2. The van der Waals surface area contributed by atoms with Gasteiger partial charge in [0.25, 0.3) is 5.91 Å². The van der Waals surface area contributed by atoms with E-state index in [2.05, 4.69) is 5.10 Å². The maximum atomic E-state index is 13.0. The number of carbonyl (C=O) groups excluding carboxylic acids is 2. The van der Waals surface area contributed by atoms with Gasteiger partial charge in [0, 0.05) is 25.4 Å². The van der Waals surface area contributed by atoms with E-state index in [9.17, 15) is 18.0 Å². The van der Waals surface area contributed by atoms with Crippen molar-refractivity contribution in [1.82, 2.24) is 4.90 Å². The van der Waals surface area contributed by atoms with Crippen molar-refractivity contribution < 1.29 is 18.0 Å². The molecule has 0 spiro atoms. The molecular weight excluding hydrogens is 366 g/mol. The summed E-state index contributed by atoms with van der Waals surface area (Å²) in [5.41, 5.74) is 2.89. The third kappa shape index (κ3) is 4.05. The molecule has 2 aliphatic rings. The number of hydrogen-bond acceptors (Lipinski definition) is 5. The van der Waals surface area contributed by atoms with Crippen molar-refractivity contribution >= 4 is 33.1 Å². The third-order valence-electron chi connectivity index (χ3n) is 5.12. The lowest BCUT2D eigenvalue weighted by Crippen LogP contribution is -2.46. The molecule has 1 atom stereocenters. The molecule has 2 aliphatic heterocycles. The van der Waals surface area contributed by atoms with E-state index < -0.39 is 9.84 Å². The number of benzene rings is 1. The number of aryl methyl sites for hydroxylation is 2. The monoisotopic (exact) mass is 391 g/mol. The van der Waals surface area contributed by atoms with E-state index in [0.29, 0.717) is 24.4 Å². The summed E-state index contributed by atoms with van der Waals surface area (Å²) in [4.78, 5) is 27.0. The van der Waals surface area contributed by atoms with E-state index in [4.69, 9.17) is 0 Å². The lowest BCUT2D eigenvalue weighted by atomic mass is 10.1. The summed E-state index contributed by atoms with van der Waals surface area (Å²) >= 11 is 0. The maximum Gasteiger partial charge on any atom is 0.270 e. The Morgan fingerprint density at radius 3 is 2.67 bits per heavy atom. The van der Waals surface area contributed by atoms with Crippen molar-refractivity contribution in [2.75, 3.05) is 23.1 Å². The largest absolute Gasteiger partial charge is 0.334 e. The van der Waals surface area contributed by atoms with Gasteiger partial charge in [0.05, 0.1) is 17.2 Å². The first-order valence-corrected chi connectivity index (χ1v) is 11.0. The second-order valence-corrected chi connectivity index (χ2v) is 9.42. The maximum absolute atomic E-state index is 13.0. The molecule has 8 heteroatoms. The quantitative estimate of drug-likeness (QED) is 0.783. The molecule has 7 nitrogen and oxygen atoms in total. The Bertz CT molecular complexity index is 908. The predicted molar refractivity (Wildman–Crippen MR) is 105 cm³/mol. The molecular formula is C19H25N3O4S. The Hall–Kier alpha value is -2.22. The molecule has 146 valence electrons. The molecule has 1 aromatic carbocycles. The van der Waals surface area contributed by atoms with Crippen molar-refractivity contribution in [3.8, 4) is 0 Å². The summed E-state index contributed by atoms with van der Waals surface area (Å²) in [5.74, 6) is -0.310. The van der Waals surface area contributed by atoms with E-state index in [1.807, 2.05) is 39.0 Å². The first-order chi connectivity index (χ1) is 12.7. The molecule has 1 fully saturated rings. The van der Waals surface area contributed by atoms with Gasteiger partial charge in [-0.3, -0.25) is 9.59 Å². The van der Waals surface area contributed by atoms with Crippen LogP contribution >= 0.6 is 0 Å². The van der Waals surface area contributed by atoms with Crippen LogP contribution in [0.3, 0.4) is 0 Å². The second-order valence-electron chi connectivity index (χ2n) is 7.19. The lowest BCUT2D eigenvalue weighted by Gasteiger charge is -2.30. The van der Waals surface area contributed by atoms with Crippen molar-refractivity contribution in [2.45, 2.75) is 46.1 Å². The van der Waals surface area contributed by atoms with Gasteiger partial charge in [0.15, 0.2) is 9.84 Å². The van der Waals surface area contributed by atoms with Crippen LogP contribution in [0.4, 0.5) is 5.69 Å². The molecule has 2 amide bonds. The van der Waals surface area contributed by atoms with Crippen LogP contribution in [0.1, 0.15) is 37.3 Å². The normalized spacial score (nSPS) is 21.9. The van der Waals surface area contributed by atoms with Gasteiger partial charge in [0.2, 0.25) is 5.91 Å². The number of sulfone groups is 1. The van der Waals surface area contributed by atoms with E-state index >= 15 is 0 Å². The highest BCUT2D eigenvalue weighted by atomic mass is 32.2. The van der Waals surface area contributed by atoms with Crippen molar-refractivity contribution in [3.63, 3.8) is 0 Å². The first kappa shape index (κ1) is 19.5. The highest BCUT2D eigenvalue weighted by Gasteiger charge is 2.36. The fraction of sp³-hybridized carbons (Fsp3) is 0.526. The number of rotatable bonds is 4. The zero-order valence-electron chi connectivity index (χ0n) is 15.9. The van der Waals surface area contributed by atoms with Crippen LogP contribution in [0, 0.1) is 13.8 Å². The number of anilines is 1. The standard InChI is InChI=1S/C19H25N3O4S/c1-4-21(15-9-10-27(25,26)12-15)19(24)16-7-8-18(23)22(20-16)17-11-13(2)5-6-14(17)3/h5-6,11,15H,4,7-10,12H2,1-3H3. The number of carbonyl (C=O) groups is 2. The summed E-state index contributed by atoms with van der Waals surface area (Å²) in [7, 11) is -3.09. The van der Waals surface area contributed by atoms with Gasteiger partial charge in [-0.2, -0.15) is 5.10 Å². The van der Waals surface area contributed by atoms with Crippen LogP contribution < -0.4 is 5.01 Å². The molecule has 0 saturated carbocycles. The van der Waals surface area contributed by atoms with Crippen LogP contribution in [-0.2, 0) is 19.4 Å². The first-order valence-electron chi connectivity index (χ1n) is 9.21. The summed E-state index contributed by atoms with van der Waals surface area (Å²) in [5, 5.41) is 5.69. The Morgan fingerprint density at radius 2 is 2.04 bits per heavy atom. The molecule has 0 N–H and O–H groups in total. The van der Waals surface area contributed by atoms with Crippen molar-refractivity contribution in [3.05, 3.63) is 29.3 Å². The lowest BCUT2D eigenvalue weighted by molar-refractivity contribution is -0.125. The minimum Gasteiger partial charge on any atom is -0.334 e. The van der Waals surface area contributed by atoms with Gasteiger partial charge in [-0.05, 0) is 44.4 Å². The van der Waals surface area contributed by atoms with Gasteiger partial charge in [-0.15, -0.1) is 0 Å². The van der Waals surface area contributed by atoms with Crippen molar-refractivity contribution in [2.24, 2.45) is 5.10 Å². The van der Waals surface area contributed by atoms with Gasteiger partial charge in [-0.25, -0.2) is 13.4 Å². The highest BCUT2D eigenvalue weighted by Crippen LogP contribution is 2.26. The zero-order chi connectivity index (χ0) is 19.8. The van der Waals surface area contributed by atoms with E-state index in [-0.39, 0.29) is 42.2 Å². The summed E-state index contributed by atoms with van der Waals surface area (Å²) < 4.78 is 23.6. The fourth-order valence-electron chi connectivity index (χ4n) is 3.60. The average Bonchev–Trinajstić information content (AvgIpc) is 2.98. The smallest absolute Gasteiger partial charge is 0.270 e. The van der Waals surface area contributed by atoms with Crippen molar-refractivity contribution in [1.29, 1.82) is 0 Å². The summed E-state index contributed by atoms with van der Waals surface area (Å²) in [6.45, 7) is 6.08. The Kier molecular flexibility index (Phi) is 5.37. The predicted octanol–water partition coefficient (Wildman–Crippen LogP) is 1.82. The molecule has 1 aromatic rings. The molecule has 27 heavy (non-hydrogen) atoms. The van der Waals surface area contributed by atoms with Crippen LogP contribution in [0.15, 0.2) is 23.3 Å². The average molecular weight is 391 g/mol. The fourth-order valence-corrected chi connectivity index (χ4v) is 5.33. The molecule has 1 saturated heterocycles. The second kappa shape index (κ2) is 7.42. The molecule has 0 aromatic heterocycles. The highest BCUT2D eigenvalue weighted by molar-refractivity contribution is 7.91. The minimum atomic E-state index is -3.09. The number of hydrazone groups is 1. The van der Waals surface area contributed by atoms with Gasteiger partial charge in [0.1, 0.15) is 5.71 Å². The van der Waals surface area contributed by atoms with E-state index in [0.717, 1.165) is 11.1 Å². The van der Waals surface area contributed by atoms with E-state index in [1.54, 1.807) is 4.90 Å². The number of hydrogen-bond donors (Lipinski definition) is 0. The van der Waals surface area contributed by atoms with Crippen LogP contribution in [0.5, 0.6) is 0 Å². The Balaban J connectivity index is 1.89. The van der Waals surface area contributed by atoms with Gasteiger partial charge in [-0.1, -0.05) is 12.1 Å². The van der Waals surface area contributed by atoms with Gasteiger partial charge < -0.3 is 4.90 Å². The van der Waals surface area contributed by atoms with Gasteiger partial charge >= 0.3 is 0 Å². The Labute approximate surface area is 159 Å². The third-order valence-corrected chi connectivity index (χ3v) is 6.87. The summed E-state index contributed by atoms with van der Waals surface area (Å²) in [6.07, 6.45) is 0.933. The molecule has 0 aliphatic carbocycles. The van der Waals surface area contributed by atoms with Crippen LogP contribution in [-0.4, -0.2) is 54.9 Å². The topological polar surface area (TPSA) is 87.1 Å².